The van der Waals surface area contributed by atoms with Crippen LogP contribution in [0.1, 0.15) is 31.2 Å². The fraction of sp³-hybridized carbons (Fsp3) is 0.667. The van der Waals surface area contributed by atoms with Gasteiger partial charge in [0, 0.05) is 37.6 Å². The van der Waals surface area contributed by atoms with Crippen LogP contribution in [0.5, 0.6) is 0 Å². The summed E-state index contributed by atoms with van der Waals surface area (Å²) in [7, 11) is 2.05. The Balaban J connectivity index is 1.79. The van der Waals surface area contributed by atoms with Crippen molar-refractivity contribution < 1.29 is 4.74 Å². The molecule has 1 N–H and O–H groups in total. The van der Waals surface area contributed by atoms with Crippen molar-refractivity contribution >= 4 is 0 Å². The maximum Gasteiger partial charge on any atom is 0.0471 e. The Morgan fingerprint density at radius 2 is 2.11 bits per heavy atom. The standard InChI is InChI=1S/C15H22N2O/c1-16-12-15(13-3-2-6-17-9-13)10-14(11-15)4-7-18-8-5-14/h2-3,6,9,16H,4-5,7-8,10-12H2,1H3. The predicted molar refractivity (Wildman–Crippen MR) is 71.6 cm³/mol. The van der Waals surface area contributed by atoms with Gasteiger partial charge in [0.25, 0.3) is 0 Å². The molecule has 0 atom stereocenters. The van der Waals surface area contributed by atoms with Gasteiger partial charge >= 0.3 is 0 Å². The summed E-state index contributed by atoms with van der Waals surface area (Å²) in [6.07, 6.45) is 8.95. The first kappa shape index (κ1) is 12.1. The van der Waals surface area contributed by atoms with Crippen LogP contribution in [-0.2, 0) is 10.2 Å². The third-order valence-corrected chi connectivity index (χ3v) is 4.77. The molecule has 2 fully saturated rings. The van der Waals surface area contributed by atoms with Gasteiger partial charge in [0.2, 0.25) is 0 Å². The highest BCUT2D eigenvalue weighted by Gasteiger charge is 2.54. The quantitative estimate of drug-likeness (QED) is 0.887. The van der Waals surface area contributed by atoms with Gasteiger partial charge in [0.15, 0.2) is 0 Å². The van der Waals surface area contributed by atoms with Crippen LogP contribution >= 0.6 is 0 Å². The summed E-state index contributed by atoms with van der Waals surface area (Å²) in [6, 6.07) is 4.29. The molecule has 0 unspecified atom stereocenters. The lowest BCUT2D eigenvalue weighted by Gasteiger charge is -2.58. The van der Waals surface area contributed by atoms with Crippen molar-refractivity contribution in [1.29, 1.82) is 0 Å². The zero-order chi connectivity index (χ0) is 12.5. The van der Waals surface area contributed by atoms with Crippen LogP contribution in [-0.4, -0.2) is 31.8 Å². The Hall–Kier alpha value is -0.930. The molecule has 1 saturated carbocycles. The van der Waals surface area contributed by atoms with Gasteiger partial charge in [-0.25, -0.2) is 0 Å². The topological polar surface area (TPSA) is 34.2 Å². The van der Waals surface area contributed by atoms with Crippen molar-refractivity contribution in [2.45, 2.75) is 31.1 Å². The van der Waals surface area contributed by atoms with Crippen LogP contribution in [0.3, 0.4) is 0 Å². The van der Waals surface area contributed by atoms with Gasteiger partial charge in [-0.05, 0) is 49.8 Å². The molecule has 2 heterocycles. The van der Waals surface area contributed by atoms with Gasteiger partial charge in [-0.15, -0.1) is 0 Å². The molecule has 0 aromatic carbocycles. The third-order valence-electron chi connectivity index (χ3n) is 4.77. The highest BCUT2D eigenvalue weighted by molar-refractivity contribution is 5.29. The minimum atomic E-state index is 0.306. The fourth-order valence-corrected chi connectivity index (χ4v) is 3.99. The third kappa shape index (κ3) is 1.95. The average Bonchev–Trinajstić information content (AvgIpc) is 2.39. The summed E-state index contributed by atoms with van der Waals surface area (Å²) in [5.41, 5.74) is 2.25. The second kappa shape index (κ2) is 4.63. The number of likely N-dealkylation sites (N-methyl/N-ethyl adjacent to an activating group) is 1. The van der Waals surface area contributed by atoms with E-state index in [1.54, 1.807) is 0 Å². The monoisotopic (exact) mass is 246 g/mol. The van der Waals surface area contributed by atoms with Crippen molar-refractivity contribution in [3.8, 4) is 0 Å². The predicted octanol–water partition coefficient (Wildman–Crippen LogP) is 2.13. The van der Waals surface area contributed by atoms with E-state index < -0.39 is 0 Å². The van der Waals surface area contributed by atoms with Crippen LogP contribution in [0.4, 0.5) is 0 Å². The van der Waals surface area contributed by atoms with Gasteiger partial charge in [-0.1, -0.05) is 6.07 Å². The number of ether oxygens (including phenoxy) is 1. The molecule has 98 valence electrons. The van der Waals surface area contributed by atoms with Crippen molar-refractivity contribution in [3.05, 3.63) is 30.1 Å². The summed E-state index contributed by atoms with van der Waals surface area (Å²) in [5.74, 6) is 0. The van der Waals surface area contributed by atoms with E-state index in [1.165, 1.54) is 31.2 Å². The number of rotatable bonds is 3. The van der Waals surface area contributed by atoms with Gasteiger partial charge in [-0.3, -0.25) is 4.98 Å². The Kier molecular flexibility index (Phi) is 3.12. The molecule has 1 saturated heterocycles. The number of aromatic nitrogens is 1. The van der Waals surface area contributed by atoms with Crippen LogP contribution in [0.2, 0.25) is 0 Å². The van der Waals surface area contributed by atoms with E-state index in [4.69, 9.17) is 4.74 Å². The van der Waals surface area contributed by atoms with Gasteiger partial charge in [0.1, 0.15) is 0 Å². The van der Waals surface area contributed by atoms with E-state index in [0.29, 0.717) is 10.8 Å². The first-order valence-electron chi connectivity index (χ1n) is 6.92. The SMILES string of the molecule is CNCC1(c2cccnc2)CC2(CCOCC2)C1. The maximum atomic E-state index is 5.51. The number of nitrogens with zero attached hydrogens (tertiary/aromatic N) is 1. The minimum absolute atomic E-state index is 0.306. The van der Waals surface area contributed by atoms with Crippen LogP contribution in [0.15, 0.2) is 24.5 Å². The second-order valence-electron chi connectivity index (χ2n) is 6.02. The molecular formula is C15H22N2O. The van der Waals surface area contributed by atoms with E-state index in [-0.39, 0.29) is 0 Å². The van der Waals surface area contributed by atoms with Gasteiger partial charge in [-0.2, -0.15) is 0 Å². The second-order valence-corrected chi connectivity index (χ2v) is 6.02. The Labute approximate surface area is 109 Å². The zero-order valence-corrected chi connectivity index (χ0v) is 11.1. The molecule has 0 radical (unpaired) electrons. The number of hydrogen-bond donors (Lipinski definition) is 1. The largest absolute Gasteiger partial charge is 0.381 e. The Morgan fingerprint density at radius 3 is 2.72 bits per heavy atom. The summed E-state index contributed by atoms with van der Waals surface area (Å²) in [4.78, 5) is 4.30. The molecular weight excluding hydrogens is 224 g/mol. The summed E-state index contributed by atoms with van der Waals surface area (Å²) in [6.45, 7) is 2.95. The Morgan fingerprint density at radius 1 is 1.33 bits per heavy atom. The van der Waals surface area contributed by atoms with Crippen LogP contribution < -0.4 is 5.32 Å². The highest BCUT2D eigenvalue weighted by atomic mass is 16.5. The van der Waals surface area contributed by atoms with Gasteiger partial charge < -0.3 is 10.1 Å². The summed E-state index contributed by atoms with van der Waals surface area (Å²) < 4.78 is 5.51. The van der Waals surface area contributed by atoms with Crippen molar-refractivity contribution in [2.75, 3.05) is 26.8 Å². The van der Waals surface area contributed by atoms with Crippen LogP contribution in [0, 0.1) is 5.41 Å². The normalized spacial score (nSPS) is 24.7. The molecule has 3 nitrogen and oxygen atoms in total. The Bertz CT molecular complexity index is 390. The molecule has 3 rings (SSSR count). The molecule has 1 aliphatic carbocycles. The van der Waals surface area contributed by atoms with E-state index in [9.17, 15) is 0 Å². The summed E-state index contributed by atoms with van der Waals surface area (Å²) in [5, 5.41) is 3.37. The lowest BCUT2D eigenvalue weighted by atomic mass is 9.48. The summed E-state index contributed by atoms with van der Waals surface area (Å²) >= 11 is 0. The van der Waals surface area contributed by atoms with Gasteiger partial charge in [0.05, 0.1) is 0 Å². The maximum absolute atomic E-state index is 5.51. The molecule has 1 aliphatic heterocycles. The van der Waals surface area contributed by atoms with E-state index >= 15 is 0 Å². The van der Waals surface area contributed by atoms with Crippen molar-refractivity contribution in [1.82, 2.24) is 10.3 Å². The lowest BCUT2D eigenvalue weighted by molar-refractivity contribution is -0.0733. The first-order valence-corrected chi connectivity index (χ1v) is 6.92. The molecule has 1 aromatic heterocycles. The number of pyridine rings is 1. The van der Waals surface area contributed by atoms with Crippen molar-refractivity contribution in [2.24, 2.45) is 5.41 Å². The lowest BCUT2D eigenvalue weighted by Crippen LogP contribution is -2.56. The molecule has 3 heteroatoms. The fourth-order valence-electron chi connectivity index (χ4n) is 3.99. The zero-order valence-electron chi connectivity index (χ0n) is 11.1. The molecule has 0 bridgehead atoms. The number of hydrogen-bond acceptors (Lipinski definition) is 3. The molecule has 0 amide bonds. The van der Waals surface area contributed by atoms with E-state index in [1.807, 2.05) is 19.4 Å². The molecule has 1 aromatic rings. The van der Waals surface area contributed by atoms with E-state index in [0.717, 1.165) is 19.8 Å². The average molecular weight is 246 g/mol. The molecule has 18 heavy (non-hydrogen) atoms. The van der Waals surface area contributed by atoms with E-state index in [2.05, 4.69) is 22.4 Å². The minimum Gasteiger partial charge on any atom is -0.381 e. The first-order chi connectivity index (χ1) is 8.79. The molecule has 2 aliphatic rings. The number of nitrogens with one attached hydrogen (secondary N) is 1. The van der Waals surface area contributed by atoms with Crippen molar-refractivity contribution in [3.63, 3.8) is 0 Å². The molecule has 1 spiro atoms. The smallest absolute Gasteiger partial charge is 0.0471 e. The highest BCUT2D eigenvalue weighted by Crippen LogP contribution is 2.59. The van der Waals surface area contributed by atoms with Crippen LogP contribution in [0.25, 0.3) is 0 Å².